The van der Waals surface area contributed by atoms with Crippen LogP contribution >= 0.6 is 0 Å². The van der Waals surface area contributed by atoms with Crippen LogP contribution in [-0.2, 0) is 10.2 Å². The number of esters is 1. The standard InChI is InChI=1S/C15H19N3O2/c1-5-20-14(19)13-16-12(17-18-13)10-6-8-11(9-7-10)15(2,3)4/h6-9H,5H2,1-4H3,(H,16,17,18). The first-order valence-electron chi connectivity index (χ1n) is 6.62. The van der Waals surface area contributed by atoms with E-state index in [1.165, 1.54) is 5.56 Å². The molecule has 0 radical (unpaired) electrons. The van der Waals surface area contributed by atoms with Crippen molar-refractivity contribution in [2.45, 2.75) is 33.1 Å². The molecule has 0 aliphatic carbocycles. The van der Waals surface area contributed by atoms with Crippen molar-refractivity contribution in [2.24, 2.45) is 0 Å². The van der Waals surface area contributed by atoms with E-state index in [4.69, 9.17) is 4.74 Å². The molecular weight excluding hydrogens is 254 g/mol. The molecule has 1 aromatic heterocycles. The second-order valence-electron chi connectivity index (χ2n) is 5.56. The summed E-state index contributed by atoms with van der Waals surface area (Å²) in [4.78, 5) is 15.7. The lowest BCUT2D eigenvalue weighted by molar-refractivity contribution is 0.0512. The van der Waals surface area contributed by atoms with Crippen molar-refractivity contribution in [3.63, 3.8) is 0 Å². The second-order valence-corrected chi connectivity index (χ2v) is 5.56. The number of nitrogens with one attached hydrogen (secondary N) is 1. The summed E-state index contributed by atoms with van der Waals surface area (Å²) in [5.41, 5.74) is 2.21. The Labute approximate surface area is 118 Å². The number of hydrogen-bond donors (Lipinski definition) is 1. The fourth-order valence-corrected chi connectivity index (χ4v) is 1.80. The number of nitrogens with zero attached hydrogens (tertiary/aromatic N) is 2. The van der Waals surface area contributed by atoms with E-state index in [0.29, 0.717) is 12.4 Å². The molecule has 0 saturated carbocycles. The van der Waals surface area contributed by atoms with Gasteiger partial charge in [0.05, 0.1) is 6.61 Å². The Morgan fingerprint density at radius 3 is 2.45 bits per heavy atom. The van der Waals surface area contributed by atoms with E-state index in [1.807, 2.05) is 12.1 Å². The zero-order valence-electron chi connectivity index (χ0n) is 12.2. The monoisotopic (exact) mass is 273 g/mol. The van der Waals surface area contributed by atoms with Gasteiger partial charge in [0.15, 0.2) is 5.82 Å². The first-order valence-corrected chi connectivity index (χ1v) is 6.62. The Bertz CT molecular complexity index is 594. The lowest BCUT2D eigenvalue weighted by Crippen LogP contribution is -2.10. The smallest absolute Gasteiger partial charge is 0.375 e. The fraction of sp³-hybridized carbons (Fsp3) is 0.400. The van der Waals surface area contributed by atoms with Crippen molar-refractivity contribution >= 4 is 5.97 Å². The van der Waals surface area contributed by atoms with Gasteiger partial charge in [0, 0.05) is 5.56 Å². The highest BCUT2D eigenvalue weighted by Gasteiger charge is 2.16. The summed E-state index contributed by atoms with van der Waals surface area (Å²) >= 11 is 0. The number of aromatic nitrogens is 3. The number of hydrogen-bond acceptors (Lipinski definition) is 4. The van der Waals surface area contributed by atoms with Gasteiger partial charge in [0.2, 0.25) is 5.82 Å². The summed E-state index contributed by atoms with van der Waals surface area (Å²) in [5.74, 6) is 0.132. The minimum Gasteiger partial charge on any atom is -0.460 e. The third kappa shape index (κ3) is 3.04. The molecule has 0 bridgehead atoms. The fourth-order valence-electron chi connectivity index (χ4n) is 1.80. The maximum absolute atomic E-state index is 11.5. The predicted molar refractivity (Wildman–Crippen MR) is 76.5 cm³/mol. The van der Waals surface area contributed by atoms with Crippen LogP contribution in [-0.4, -0.2) is 27.8 Å². The number of ether oxygens (including phenoxy) is 1. The summed E-state index contributed by atoms with van der Waals surface area (Å²) in [7, 11) is 0. The minimum atomic E-state index is -0.488. The molecule has 106 valence electrons. The molecule has 2 aromatic rings. The third-order valence-corrected chi connectivity index (χ3v) is 2.96. The molecule has 5 heteroatoms. The number of rotatable bonds is 3. The number of aromatic amines is 1. The van der Waals surface area contributed by atoms with Gasteiger partial charge in [-0.1, -0.05) is 45.0 Å². The summed E-state index contributed by atoms with van der Waals surface area (Å²) < 4.78 is 4.87. The Kier molecular flexibility index (Phi) is 3.88. The van der Waals surface area contributed by atoms with Crippen molar-refractivity contribution in [3.8, 4) is 11.4 Å². The van der Waals surface area contributed by atoms with E-state index in [2.05, 4.69) is 48.1 Å². The number of benzene rings is 1. The van der Waals surface area contributed by atoms with Gasteiger partial charge in [0.1, 0.15) is 0 Å². The Morgan fingerprint density at radius 1 is 1.25 bits per heavy atom. The van der Waals surface area contributed by atoms with E-state index < -0.39 is 5.97 Å². The van der Waals surface area contributed by atoms with Crippen LogP contribution in [0, 0.1) is 0 Å². The summed E-state index contributed by atoms with van der Waals surface area (Å²) in [6.07, 6.45) is 0. The molecule has 0 aliphatic heterocycles. The Balaban J connectivity index is 2.22. The van der Waals surface area contributed by atoms with Gasteiger partial charge in [0.25, 0.3) is 0 Å². The summed E-state index contributed by atoms with van der Waals surface area (Å²) in [6.45, 7) is 8.55. The van der Waals surface area contributed by atoms with Gasteiger partial charge in [-0.05, 0) is 17.9 Å². The largest absolute Gasteiger partial charge is 0.460 e. The van der Waals surface area contributed by atoms with Crippen LogP contribution in [0.1, 0.15) is 43.9 Å². The first-order chi connectivity index (χ1) is 9.41. The van der Waals surface area contributed by atoms with Crippen molar-refractivity contribution in [3.05, 3.63) is 35.7 Å². The van der Waals surface area contributed by atoms with Gasteiger partial charge in [-0.2, -0.15) is 5.10 Å². The SMILES string of the molecule is CCOC(=O)c1nc(-c2ccc(C(C)(C)C)cc2)n[nH]1. The topological polar surface area (TPSA) is 67.9 Å². The van der Waals surface area contributed by atoms with E-state index >= 15 is 0 Å². The van der Waals surface area contributed by atoms with E-state index in [-0.39, 0.29) is 11.2 Å². The molecule has 0 unspecified atom stereocenters. The van der Waals surface area contributed by atoms with E-state index in [9.17, 15) is 4.79 Å². The summed E-state index contributed by atoms with van der Waals surface area (Å²) in [6, 6.07) is 8.02. The highest BCUT2D eigenvalue weighted by molar-refractivity contribution is 5.85. The maximum atomic E-state index is 11.5. The maximum Gasteiger partial charge on any atom is 0.375 e. The molecule has 20 heavy (non-hydrogen) atoms. The Hall–Kier alpha value is -2.17. The van der Waals surface area contributed by atoms with Crippen LogP contribution in [0.3, 0.4) is 0 Å². The van der Waals surface area contributed by atoms with Crippen LogP contribution in [0.2, 0.25) is 0 Å². The summed E-state index contributed by atoms with van der Waals surface area (Å²) in [5, 5.41) is 6.64. The molecular formula is C15H19N3O2. The quantitative estimate of drug-likeness (QED) is 0.873. The van der Waals surface area contributed by atoms with Gasteiger partial charge in [-0.25, -0.2) is 9.78 Å². The van der Waals surface area contributed by atoms with Gasteiger partial charge in [-0.3, -0.25) is 5.10 Å². The molecule has 2 rings (SSSR count). The third-order valence-electron chi connectivity index (χ3n) is 2.96. The molecule has 0 fully saturated rings. The molecule has 0 aliphatic rings. The molecule has 0 spiro atoms. The van der Waals surface area contributed by atoms with Gasteiger partial charge < -0.3 is 4.74 Å². The molecule has 0 atom stereocenters. The molecule has 1 aromatic carbocycles. The molecule has 0 amide bonds. The number of carbonyl (C=O) groups excluding carboxylic acids is 1. The highest BCUT2D eigenvalue weighted by atomic mass is 16.5. The van der Waals surface area contributed by atoms with Crippen molar-refractivity contribution in [1.29, 1.82) is 0 Å². The van der Waals surface area contributed by atoms with Crippen molar-refractivity contribution < 1.29 is 9.53 Å². The molecule has 0 saturated heterocycles. The number of carbonyl (C=O) groups is 1. The second kappa shape index (κ2) is 5.45. The molecule has 1 N–H and O–H groups in total. The van der Waals surface area contributed by atoms with Crippen LogP contribution in [0.15, 0.2) is 24.3 Å². The average molecular weight is 273 g/mol. The van der Waals surface area contributed by atoms with Crippen molar-refractivity contribution in [2.75, 3.05) is 6.61 Å². The van der Waals surface area contributed by atoms with Crippen molar-refractivity contribution in [1.82, 2.24) is 15.2 Å². The lowest BCUT2D eigenvalue weighted by atomic mass is 9.87. The molecule has 1 heterocycles. The van der Waals surface area contributed by atoms with Crippen LogP contribution in [0.4, 0.5) is 0 Å². The zero-order chi connectivity index (χ0) is 14.8. The zero-order valence-corrected chi connectivity index (χ0v) is 12.2. The van der Waals surface area contributed by atoms with Gasteiger partial charge in [-0.15, -0.1) is 0 Å². The Morgan fingerprint density at radius 2 is 1.90 bits per heavy atom. The van der Waals surface area contributed by atoms with E-state index in [0.717, 1.165) is 5.56 Å². The van der Waals surface area contributed by atoms with Gasteiger partial charge >= 0.3 is 5.97 Å². The normalized spacial score (nSPS) is 11.4. The highest BCUT2D eigenvalue weighted by Crippen LogP contribution is 2.24. The first kappa shape index (κ1) is 14.2. The van der Waals surface area contributed by atoms with Crippen LogP contribution in [0.25, 0.3) is 11.4 Å². The van der Waals surface area contributed by atoms with E-state index in [1.54, 1.807) is 6.92 Å². The lowest BCUT2D eigenvalue weighted by Gasteiger charge is -2.18. The average Bonchev–Trinajstić information content (AvgIpc) is 2.88. The predicted octanol–water partition coefficient (Wildman–Crippen LogP) is 2.95. The van der Waals surface area contributed by atoms with Crippen LogP contribution in [0.5, 0.6) is 0 Å². The molecule has 5 nitrogen and oxygen atoms in total. The van der Waals surface area contributed by atoms with Crippen LogP contribution < -0.4 is 0 Å². The number of H-pyrrole nitrogens is 1. The minimum absolute atomic E-state index is 0.105.